The standard InChI is InChI=1S/C14H23NO/c1-11(2)16-13-8-6-7-12(9-13)10-15-14(3,4)5/h6-9,11,15H,10H2,1-5H3. The Bertz CT molecular complexity index is 326. The van der Waals surface area contributed by atoms with E-state index in [1.807, 2.05) is 26.0 Å². The summed E-state index contributed by atoms with van der Waals surface area (Å²) in [6, 6.07) is 8.25. The van der Waals surface area contributed by atoms with Gasteiger partial charge in [-0.3, -0.25) is 0 Å². The van der Waals surface area contributed by atoms with E-state index in [2.05, 4.69) is 38.2 Å². The fourth-order valence-corrected chi connectivity index (χ4v) is 1.37. The van der Waals surface area contributed by atoms with E-state index in [0.717, 1.165) is 12.3 Å². The van der Waals surface area contributed by atoms with Crippen molar-refractivity contribution in [3.63, 3.8) is 0 Å². The molecule has 0 aliphatic carbocycles. The molecule has 0 aliphatic heterocycles. The van der Waals surface area contributed by atoms with Gasteiger partial charge in [0.25, 0.3) is 0 Å². The molecule has 1 N–H and O–H groups in total. The van der Waals surface area contributed by atoms with Gasteiger partial charge in [0.2, 0.25) is 0 Å². The number of nitrogens with one attached hydrogen (secondary N) is 1. The van der Waals surface area contributed by atoms with Gasteiger partial charge in [-0.25, -0.2) is 0 Å². The summed E-state index contributed by atoms with van der Waals surface area (Å²) < 4.78 is 5.66. The summed E-state index contributed by atoms with van der Waals surface area (Å²) in [5, 5.41) is 3.46. The molecule has 0 aliphatic rings. The van der Waals surface area contributed by atoms with Crippen LogP contribution < -0.4 is 10.1 Å². The number of hydrogen-bond acceptors (Lipinski definition) is 2. The number of hydrogen-bond donors (Lipinski definition) is 1. The van der Waals surface area contributed by atoms with Crippen LogP contribution in [0, 0.1) is 0 Å². The molecule has 0 unspecified atom stereocenters. The molecule has 1 aromatic rings. The third kappa shape index (κ3) is 5.17. The van der Waals surface area contributed by atoms with Crippen LogP contribution in [0.2, 0.25) is 0 Å². The molecule has 0 spiro atoms. The quantitative estimate of drug-likeness (QED) is 0.841. The topological polar surface area (TPSA) is 21.3 Å². The van der Waals surface area contributed by atoms with Crippen LogP contribution in [0.3, 0.4) is 0 Å². The van der Waals surface area contributed by atoms with Crippen molar-refractivity contribution in [2.75, 3.05) is 0 Å². The fourth-order valence-electron chi connectivity index (χ4n) is 1.37. The summed E-state index contributed by atoms with van der Waals surface area (Å²) in [5.74, 6) is 0.947. The molecule has 2 nitrogen and oxygen atoms in total. The van der Waals surface area contributed by atoms with Gasteiger partial charge in [-0.2, -0.15) is 0 Å². The predicted molar refractivity (Wildman–Crippen MR) is 68.8 cm³/mol. The normalized spacial score (nSPS) is 11.9. The average molecular weight is 221 g/mol. The molecule has 0 heterocycles. The molecule has 2 heteroatoms. The third-order valence-electron chi connectivity index (χ3n) is 2.09. The lowest BCUT2D eigenvalue weighted by atomic mass is 10.1. The highest BCUT2D eigenvalue weighted by Crippen LogP contribution is 2.15. The molecule has 0 radical (unpaired) electrons. The SMILES string of the molecule is CC(C)Oc1cccc(CNC(C)(C)C)c1. The van der Waals surface area contributed by atoms with E-state index in [9.17, 15) is 0 Å². The minimum atomic E-state index is 0.148. The second-order valence-electron chi connectivity index (χ2n) is 5.42. The van der Waals surface area contributed by atoms with E-state index in [0.29, 0.717) is 0 Å². The minimum absolute atomic E-state index is 0.148. The van der Waals surface area contributed by atoms with Crippen molar-refractivity contribution in [1.82, 2.24) is 5.32 Å². The fraction of sp³-hybridized carbons (Fsp3) is 0.571. The Labute approximate surface area is 99.0 Å². The molecule has 16 heavy (non-hydrogen) atoms. The van der Waals surface area contributed by atoms with Gasteiger partial charge in [0.05, 0.1) is 6.10 Å². The number of benzene rings is 1. The molecular weight excluding hydrogens is 198 g/mol. The van der Waals surface area contributed by atoms with Gasteiger partial charge in [-0.15, -0.1) is 0 Å². The van der Waals surface area contributed by atoms with Crippen molar-refractivity contribution >= 4 is 0 Å². The Balaban J connectivity index is 2.60. The molecule has 0 aromatic heterocycles. The molecule has 0 atom stereocenters. The van der Waals surface area contributed by atoms with Gasteiger partial charge >= 0.3 is 0 Å². The molecule has 0 fully saturated rings. The highest BCUT2D eigenvalue weighted by Gasteiger charge is 2.08. The Morgan fingerprint density at radius 1 is 1.25 bits per heavy atom. The third-order valence-corrected chi connectivity index (χ3v) is 2.09. The molecule has 1 rings (SSSR count). The van der Waals surface area contributed by atoms with Crippen LogP contribution in [0.15, 0.2) is 24.3 Å². The second-order valence-corrected chi connectivity index (χ2v) is 5.42. The van der Waals surface area contributed by atoms with Crippen molar-refractivity contribution < 1.29 is 4.74 Å². The van der Waals surface area contributed by atoms with Crippen LogP contribution in [-0.4, -0.2) is 11.6 Å². The summed E-state index contributed by atoms with van der Waals surface area (Å²) in [4.78, 5) is 0. The van der Waals surface area contributed by atoms with Crippen molar-refractivity contribution in [1.29, 1.82) is 0 Å². The number of rotatable bonds is 4. The van der Waals surface area contributed by atoms with E-state index in [-0.39, 0.29) is 11.6 Å². The van der Waals surface area contributed by atoms with Crippen LogP contribution in [0.1, 0.15) is 40.2 Å². The van der Waals surface area contributed by atoms with E-state index < -0.39 is 0 Å². The average Bonchev–Trinajstić information content (AvgIpc) is 2.13. The van der Waals surface area contributed by atoms with E-state index in [4.69, 9.17) is 4.74 Å². The molecule has 0 saturated heterocycles. The predicted octanol–water partition coefficient (Wildman–Crippen LogP) is 3.36. The Morgan fingerprint density at radius 3 is 2.50 bits per heavy atom. The Kier molecular flexibility index (Phi) is 4.36. The van der Waals surface area contributed by atoms with E-state index in [1.165, 1.54) is 5.56 Å². The van der Waals surface area contributed by atoms with Crippen LogP contribution >= 0.6 is 0 Å². The molecule has 0 saturated carbocycles. The van der Waals surface area contributed by atoms with Crippen LogP contribution in [0.5, 0.6) is 5.75 Å². The maximum atomic E-state index is 5.66. The van der Waals surface area contributed by atoms with Gasteiger partial charge in [0, 0.05) is 12.1 Å². The lowest BCUT2D eigenvalue weighted by molar-refractivity contribution is 0.242. The van der Waals surface area contributed by atoms with Crippen LogP contribution in [0.25, 0.3) is 0 Å². The van der Waals surface area contributed by atoms with Gasteiger partial charge in [-0.05, 0) is 52.3 Å². The first-order valence-electron chi connectivity index (χ1n) is 5.87. The zero-order valence-corrected chi connectivity index (χ0v) is 11.0. The van der Waals surface area contributed by atoms with Gasteiger partial charge < -0.3 is 10.1 Å². The second kappa shape index (κ2) is 5.35. The zero-order chi connectivity index (χ0) is 12.2. The monoisotopic (exact) mass is 221 g/mol. The van der Waals surface area contributed by atoms with Gasteiger partial charge in [0.1, 0.15) is 5.75 Å². The van der Waals surface area contributed by atoms with Crippen molar-refractivity contribution in [2.24, 2.45) is 0 Å². The van der Waals surface area contributed by atoms with E-state index >= 15 is 0 Å². The smallest absolute Gasteiger partial charge is 0.120 e. The first-order valence-corrected chi connectivity index (χ1v) is 5.87. The van der Waals surface area contributed by atoms with Gasteiger partial charge in [0.15, 0.2) is 0 Å². The van der Waals surface area contributed by atoms with Crippen LogP contribution in [0.4, 0.5) is 0 Å². The highest BCUT2D eigenvalue weighted by molar-refractivity contribution is 5.28. The maximum Gasteiger partial charge on any atom is 0.120 e. The Morgan fingerprint density at radius 2 is 1.94 bits per heavy atom. The van der Waals surface area contributed by atoms with Crippen molar-refractivity contribution in [3.05, 3.63) is 29.8 Å². The molecule has 0 bridgehead atoms. The summed E-state index contributed by atoms with van der Waals surface area (Å²) in [7, 11) is 0. The van der Waals surface area contributed by atoms with E-state index in [1.54, 1.807) is 0 Å². The largest absolute Gasteiger partial charge is 0.491 e. The summed E-state index contributed by atoms with van der Waals surface area (Å²) in [6.45, 7) is 11.5. The lowest BCUT2D eigenvalue weighted by Gasteiger charge is -2.20. The first-order chi connectivity index (χ1) is 7.37. The molecular formula is C14H23NO. The summed E-state index contributed by atoms with van der Waals surface area (Å²) in [5.41, 5.74) is 1.41. The van der Waals surface area contributed by atoms with Crippen molar-refractivity contribution in [2.45, 2.75) is 52.8 Å². The number of ether oxygens (including phenoxy) is 1. The highest BCUT2D eigenvalue weighted by atomic mass is 16.5. The maximum absolute atomic E-state index is 5.66. The van der Waals surface area contributed by atoms with Gasteiger partial charge in [-0.1, -0.05) is 12.1 Å². The molecule has 0 amide bonds. The summed E-state index contributed by atoms with van der Waals surface area (Å²) >= 11 is 0. The summed E-state index contributed by atoms with van der Waals surface area (Å²) in [6.07, 6.45) is 0.228. The molecule has 1 aromatic carbocycles. The molecule has 90 valence electrons. The lowest BCUT2D eigenvalue weighted by Crippen LogP contribution is -2.35. The first kappa shape index (κ1) is 13.0. The minimum Gasteiger partial charge on any atom is -0.491 e. The van der Waals surface area contributed by atoms with Crippen LogP contribution in [-0.2, 0) is 6.54 Å². The Hall–Kier alpha value is -1.02. The van der Waals surface area contributed by atoms with Crippen molar-refractivity contribution in [3.8, 4) is 5.75 Å². The zero-order valence-electron chi connectivity index (χ0n) is 11.0.